The van der Waals surface area contributed by atoms with E-state index in [1.807, 2.05) is 44.2 Å². The lowest BCUT2D eigenvalue weighted by atomic mass is 10.2. The molecule has 170 valence electrons. The van der Waals surface area contributed by atoms with Gasteiger partial charge in [0.15, 0.2) is 11.0 Å². The van der Waals surface area contributed by atoms with Gasteiger partial charge in [-0.3, -0.25) is 9.36 Å². The van der Waals surface area contributed by atoms with Crippen molar-refractivity contribution < 1.29 is 13.6 Å². The van der Waals surface area contributed by atoms with Crippen LogP contribution >= 0.6 is 11.8 Å². The Kier molecular flexibility index (Phi) is 6.55. The Labute approximate surface area is 193 Å². The van der Waals surface area contributed by atoms with Gasteiger partial charge >= 0.3 is 0 Å². The van der Waals surface area contributed by atoms with Crippen LogP contribution in [0.15, 0.2) is 66.0 Å². The maximum Gasteiger partial charge on any atom is 0.238 e. The van der Waals surface area contributed by atoms with Crippen LogP contribution in [0.2, 0.25) is 0 Å². The van der Waals surface area contributed by atoms with Gasteiger partial charge in [0.1, 0.15) is 17.5 Å². The monoisotopic (exact) mass is 468 g/mol. The number of thioether (sulfide) groups is 1. The third kappa shape index (κ3) is 4.80. The van der Waals surface area contributed by atoms with Gasteiger partial charge in [-0.05, 0) is 32.9 Å². The third-order valence-corrected chi connectivity index (χ3v) is 5.92. The summed E-state index contributed by atoms with van der Waals surface area (Å²) in [6, 6.07) is 14.3. The highest BCUT2D eigenvalue weighted by Crippen LogP contribution is 2.31. The summed E-state index contributed by atoms with van der Waals surface area (Å²) in [5.74, 6) is -0.744. The van der Waals surface area contributed by atoms with Gasteiger partial charge in [-0.15, -0.1) is 10.2 Å². The Hall–Kier alpha value is -3.53. The summed E-state index contributed by atoms with van der Waals surface area (Å²) in [6.45, 7) is 5.65. The average Bonchev–Trinajstić information content (AvgIpc) is 3.42. The average molecular weight is 469 g/mol. The molecule has 4 aromatic rings. The van der Waals surface area contributed by atoms with Gasteiger partial charge in [-0.2, -0.15) is 5.10 Å². The standard InChI is InChI=1S/C23H22F2N6OS/c1-14(2)31-20(11-12-26-31)27-22(32)15(3)33-23-29-28-21(16-7-5-4-6-8-16)30(23)19-10-9-17(24)13-18(19)25/h4-15H,1-3H3,(H,27,32). The van der Waals surface area contributed by atoms with Crippen molar-refractivity contribution in [3.8, 4) is 17.1 Å². The first-order valence-electron chi connectivity index (χ1n) is 10.3. The molecule has 10 heteroatoms. The lowest BCUT2D eigenvalue weighted by Crippen LogP contribution is -2.25. The number of hydrogen-bond donors (Lipinski definition) is 1. The number of amides is 1. The number of nitrogens with zero attached hydrogens (tertiary/aromatic N) is 5. The fraction of sp³-hybridized carbons (Fsp3) is 0.217. The molecular formula is C23H22F2N6OS. The first-order chi connectivity index (χ1) is 15.8. The molecule has 7 nitrogen and oxygen atoms in total. The van der Waals surface area contributed by atoms with E-state index in [-0.39, 0.29) is 17.6 Å². The number of hydrogen-bond acceptors (Lipinski definition) is 5. The predicted molar refractivity (Wildman–Crippen MR) is 123 cm³/mol. The first-order valence-corrected chi connectivity index (χ1v) is 11.2. The molecule has 2 aromatic carbocycles. The zero-order valence-electron chi connectivity index (χ0n) is 18.2. The van der Waals surface area contributed by atoms with Crippen molar-refractivity contribution in [3.05, 3.63) is 72.4 Å². The van der Waals surface area contributed by atoms with E-state index in [4.69, 9.17) is 0 Å². The topological polar surface area (TPSA) is 77.6 Å². The van der Waals surface area contributed by atoms with Crippen LogP contribution in [0.4, 0.5) is 14.6 Å². The minimum absolute atomic E-state index is 0.0799. The van der Waals surface area contributed by atoms with E-state index < -0.39 is 16.9 Å². The number of halogens is 2. The summed E-state index contributed by atoms with van der Waals surface area (Å²) in [5.41, 5.74) is 0.798. The Morgan fingerprint density at radius 1 is 1.03 bits per heavy atom. The van der Waals surface area contributed by atoms with Crippen molar-refractivity contribution in [2.45, 2.75) is 37.2 Å². The highest BCUT2D eigenvalue weighted by atomic mass is 32.2. The molecule has 2 heterocycles. The van der Waals surface area contributed by atoms with Gasteiger partial charge in [-0.1, -0.05) is 42.1 Å². The molecule has 0 bridgehead atoms. The number of benzene rings is 2. The third-order valence-electron chi connectivity index (χ3n) is 4.88. The molecule has 1 unspecified atom stereocenters. The van der Waals surface area contributed by atoms with Crippen LogP contribution in [-0.2, 0) is 4.79 Å². The summed E-state index contributed by atoms with van der Waals surface area (Å²) in [5, 5.41) is 15.3. The van der Waals surface area contributed by atoms with Crippen LogP contribution in [0, 0.1) is 11.6 Å². The Morgan fingerprint density at radius 3 is 2.48 bits per heavy atom. The molecule has 1 atom stereocenters. The van der Waals surface area contributed by atoms with Crippen molar-refractivity contribution in [1.29, 1.82) is 0 Å². The molecule has 1 N–H and O–H groups in total. The van der Waals surface area contributed by atoms with Gasteiger partial charge in [0.25, 0.3) is 0 Å². The SMILES string of the molecule is CC(Sc1nnc(-c2ccccc2)n1-c1ccc(F)cc1F)C(=O)Nc1ccnn1C(C)C. The van der Waals surface area contributed by atoms with Gasteiger partial charge in [0.2, 0.25) is 5.91 Å². The van der Waals surface area contributed by atoms with Crippen molar-refractivity contribution >= 4 is 23.5 Å². The van der Waals surface area contributed by atoms with Crippen molar-refractivity contribution in [2.75, 3.05) is 5.32 Å². The molecule has 0 saturated heterocycles. The second-order valence-corrected chi connectivity index (χ2v) is 8.92. The molecule has 33 heavy (non-hydrogen) atoms. The van der Waals surface area contributed by atoms with Gasteiger partial charge in [-0.25, -0.2) is 13.5 Å². The highest BCUT2D eigenvalue weighted by Gasteiger charge is 2.24. The van der Waals surface area contributed by atoms with Crippen LogP contribution < -0.4 is 5.32 Å². The lowest BCUT2D eigenvalue weighted by Gasteiger charge is -2.16. The molecule has 0 saturated carbocycles. The first kappa shape index (κ1) is 22.7. The zero-order valence-corrected chi connectivity index (χ0v) is 19.1. The van der Waals surface area contributed by atoms with Crippen LogP contribution in [0.5, 0.6) is 0 Å². The van der Waals surface area contributed by atoms with Crippen LogP contribution in [0.3, 0.4) is 0 Å². The maximum atomic E-state index is 14.7. The number of aromatic nitrogens is 5. The Morgan fingerprint density at radius 2 is 1.79 bits per heavy atom. The highest BCUT2D eigenvalue weighted by molar-refractivity contribution is 8.00. The predicted octanol–water partition coefficient (Wildman–Crippen LogP) is 5.11. The molecule has 0 fully saturated rings. The number of rotatable bonds is 7. The van der Waals surface area contributed by atoms with E-state index in [1.165, 1.54) is 16.7 Å². The molecule has 1 amide bonds. The van der Waals surface area contributed by atoms with Crippen molar-refractivity contribution in [3.63, 3.8) is 0 Å². The van der Waals surface area contributed by atoms with E-state index in [0.717, 1.165) is 17.8 Å². The molecule has 0 aliphatic carbocycles. The number of anilines is 1. The van der Waals surface area contributed by atoms with Gasteiger partial charge in [0, 0.05) is 23.7 Å². The van der Waals surface area contributed by atoms with Gasteiger partial charge < -0.3 is 5.32 Å². The zero-order chi connectivity index (χ0) is 23.5. The number of nitrogens with one attached hydrogen (secondary N) is 1. The van der Waals surface area contributed by atoms with Crippen molar-refractivity contribution in [1.82, 2.24) is 24.5 Å². The van der Waals surface area contributed by atoms with E-state index >= 15 is 0 Å². The minimum Gasteiger partial charge on any atom is -0.310 e. The van der Waals surface area contributed by atoms with Crippen molar-refractivity contribution in [2.24, 2.45) is 0 Å². The molecule has 0 spiro atoms. The minimum atomic E-state index is -0.758. The second kappa shape index (κ2) is 9.53. The normalized spacial score (nSPS) is 12.2. The molecule has 2 aromatic heterocycles. The molecule has 0 aliphatic rings. The largest absolute Gasteiger partial charge is 0.310 e. The summed E-state index contributed by atoms with van der Waals surface area (Å²) in [4.78, 5) is 12.9. The van der Waals surface area contributed by atoms with E-state index in [9.17, 15) is 13.6 Å². The smallest absolute Gasteiger partial charge is 0.238 e. The summed E-state index contributed by atoms with van der Waals surface area (Å²) < 4.78 is 31.5. The quantitative estimate of drug-likeness (QED) is 0.382. The molecule has 4 rings (SSSR count). The van der Waals surface area contributed by atoms with E-state index in [2.05, 4.69) is 20.6 Å². The van der Waals surface area contributed by atoms with Crippen LogP contribution in [0.1, 0.15) is 26.8 Å². The molecule has 0 radical (unpaired) electrons. The second-order valence-electron chi connectivity index (χ2n) is 7.61. The van der Waals surface area contributed by atoms with Gasteiger partial charge in [0.05, 0.1) is 17.1 Å². The lowest BCUT2D eigenvalue weighted by molar-refractivity contribution is -0.115. The molecule has 0 aliphatic heterocycles. The maximum absolute atomic E-state index is 14.7. The summed E-state index contributed by atoms with van der Waals surface area (Å²) >= 11 is 1.12. The summed E-state index contributed by atoms with van der Waals surface area (Å²) in [7, 11) is 0. The van der Waals surface area contributed by atoms with E-state index in [1.54, 1.807) is 23.9 Å². The van der Waals surface area contributed by atoms with Crippen LogP contribution in [0.25, 0.3) is 17.1 Å². The Bertz CT molecular complexity index is 1270. The summed E-state index contributed by atoms with van der Waals surface area (Å²) in [6.07, 6.45) is 1.62. The fourth-order valence-electron chi connectivity index (χ4n) is 3.26. The number of carbonyl (C=O) groups is 1. The molecular weight excluding hydrogens is 446 g/mol. The fourth-order valence-corrected chi connectivity index (χ4v) is 4.12. The van der Waals surface area contributed by atoms with Crippen LogP contribution in [-0.4, -0.2) is 35.7 Å². The number of carbonyl (C=O) groups excluding carboxylic acids is 1. The van der Waals surface area contributed by atoms with E-state index in [0.29, 0.717) is 22.4 Å². The Balaban J connectivity index is 1.67.